The summed E-state index contributed by atoms with van der Waals surface area (Å²) in [6.07, 6.45) is 0.840. The van der Waals surface area contributed by atoms with Gasteiger partial charge in [-0.1, -0.05) is 46.3 Å². The number of hydrogen-bond acceptors (Lipinski definition) is 2. The van der Waals surface area contributed by atoms with Crippen molar-refractivity contribution in [3.8, 4) is 0 Å². The van der Waals surface area contributed by atoms with Crippen molar-refractivity contribution in [2.75, 3.05) is 19.0 Å². The average molecular weight is 336 g/mol. The first-order valence-corrected chi connectivity index (χ1v) is 7.71. The molecule has 1 N–H and O–H groups in total. The van der Waals surface area contributed by atoms with Gasteiger partial charge in [0.05, 0.1) is 12.6 Å². The summed E-state index contributed by atoms with van der Waals surface area (Å²) in [4.78, 5) is 12.3. The molecule has 0 aliphatic carbocycles. The number of carbonyl (C=O) groups is 1. The molecule has 0 aromatic heterocycles. The molecule has 2 aromatic rings. The number of rotatable bonds is 6. The van der Waals surface area contributed by atoms with Gasteiger partial charge in [0.25, 0.3) is 5.91 Å². The number of carbonyl (C=O) groups excluding carboxylic acids is 1. The minimum atomic E-state index is -0.0567. The van der Waals surface area contributed by atoms with Crippen LogP contribution in [0.5, 0.6) is 0 Å². The van der Waals surface area contributed by atoms with E-state index < -0.39 is 0 Å². The molecule has 0 spiro atoms. The zero-order valence-corrected chi connectivity index (χ0v) is 13.0. The zero-order chi connectivity index (χ0) is 14.4. The van der Waals surface area contributed by atoms with Crippen molar-refractivity contribution < 1.29 is 9.53 Å². The van der Waals surface area contributed by atoms with Gasteiger partial charge in [0.15, 0.2) is 0 Å². The van der Waals surface area contributed by atoms with E-state index in [2.05, 4.69) is 21.2 Å². The Hall–Kier alpha value is -1.39. The molecule has 0 fully saturated rings. The van der Waals surface area contributed by atoms with Crippen molar-refractivity contribution >= 4 is 32.6 Å². The van der Waals surface area contributed by atoms with Gasteiger partial charge in [-0.2, -0.15) is 0 Å². The van der Waals surface area contributed by atoms with Crippen molar-refractivity contribution in [1.82, 2.24) is 5.32 Å². The Morgan fingerprint density at radius 2 is 2.00 bits per heavy atom. The van der Waals surface area contributed by atoms with Crippen LogP contribution in [0.1, 0.15) is 16.8 Å². The number of ether oxygens (including phenoxy) is 1. The van der Waals surface area contributed by atoms with Gasteiger partial charge in [-0.3, -0.25) is 4.79 Å². The number of nitrogens with one attached hydrogen (secondary N) is 1. The number of hydrogen-bond donors (Lipinski definition) is 1. The minimum Gasteiger partial charge on any atom is -0.383 e. The molecule has 2 rings (SSSR count). The van der Waals surface area contributed by atoms with Crippen molar-refractivity contribution in [1.29, 1.82) is 0 Å². The van der Waals surface area contributed by atoms with Crippen LogP contribution in [-0.4, -0.2) is 31.0 Å². The third-order valence-corrected chi connectivity index (χ3v) is 3.63. The van der Waals surface area contributed by atoms with Crippen molar-refractivity contribution in [3.05, 3.63) is 48.0 Å². The highest BCUT2D eigenvalue weighted by Crippen LogP contribution is 2.15. The van der Waals surface area contributed by atoms with Gasteiger partial charge in [-0.15, -0.1) is 0 Å². The summed E-state index contributed by atoms with van der Waals surface area (Å²) in [6.45, 7) is 0.519. The van der Waals surface area contributed by atoms with E-state index in [0.29, 0.717) is 12.2 Å². The minimum absolute atomic E-state index is 0.0262. The molecule has 4 heteroatoms. The Kier molecular flexibility index (Phi) is 5.56. The maximum Gasteiger partial charge on any atom is 0.251 e. The number of benzene rings is 2. The zero-order valence-electron chi connectivity index (χ0n) is 11.4. The lowest BCUT2D eigenvalue weighted by Crippen LogP contribution is -2.38. The maximum atomic E-state index is 12.3. The summed E-state index contributed by atoms with van der Waals surface area (Å²) in [5.41, 5.74) is 0.680. The molecule has 1 amide bonds. The molecule has 0 radical (unpaired) electrons. The fourth-order valence-corrected chi connectivity index (χ4v) is 2.68. The van der Waals surface area contributed by atoms with Gasteiger partial charge in [0.1, 0.15) is 0 Å². The van der Waals surface area contributed by atoms with E-state index in [1.807, 2.05) is 42.5 Å². The largest absolute Gasteiger partial charge is 0.383 e. The monoisotopic (exact) mass is 335 g/mol. The standard InChI is InChI=1S/C16H18BrNO2/c1-20-11-15(8-9-17)18-16(19)14-7-6-12-4-2-3-5-13(12)10-14/h2-7,10,15H,8-9,11H2,1H3,(H,18,19). The second kappa shape index (κ2) is 7.41. The topological polar surface area (TPSA) is 38.3 Å². The third-order valence-electron chi connectivity index (χ3n) is 3.17. The van der Waals surface area contributed by atoms with Crippen LogP contribution in [-0.2, 0) is 4.74 Å². The van der Waals surface area contributed by atoms with E-state index in [9.17, 15) is 4.79 Å². The van der Waals surface area contributed by atoms with Gasteiger partial charge in [-0.25, -0.2) is 0 Å². The van der Waals surface area contributed by atoms with Crippen LogP contribution in [0.15, 0.2) is 42.5 Å². The van der Waals surface area contributed by atoms with Crippen molar-refractivity contribution in [3.63, 3.8) is 0 Å². The third kappa shape index (κ3) is 3.81. The highest BCUT2D eigenvalue weighted by atomic mass is 79.9. The van der Waals surface area contributed by atoms with Crippen LogP contribution in [0.3, 0.4) is 0 Å². The predicted molar refractivity (Wildman–Crippen MR) is 85.5 cm³/mol. The first kappa shape index (κ1) is 15.0. The van der Waals surface area contributed by atoms with Crippen LogP contribution >= 0.6 is 15.9 Å². The maximum absolute atomic E-state index is 12.3. The molecule has 0 bridgehead atoms. The lowest BCUT2D eigenvalue weighted by molar-refractivity contribution is 0.0895. The number of fused-ring (bicyclic) bond motifs is 1. The Labute approximate surface area is 127 Å². The lowest BCUT2D eigenvalue weighted by atomic mass is 10.1. The van der Waals surface area contributed by atoms with E-state index in [4.69, 9.17) is 4.74 Å². The van der Waals surface area contributed by atoms with E-state index in [-0.39, 0.29) is 11.9 Å². The van der Waals surface area contributed by atoms with Crippen LogP contribution in [0.4, 0.5) is 0 Å². The number of amides is 1. The molecule has 0 aliphatic rings. The summed E-state index contributed by atoms with van der Waals surface area (Å²) in [5.74, 6) is -0.0567. The average Bonchev–Trinajstić information content (AvgIpc) is 2.47. The Morgan fingerprint density at radius 3 is 2.70 bits per heavy atom. The number of halogens is 1. The number of alkyl halides is 1. The molecular weight excluding hydrogens is 318 g/mol. The predicted octanol–water partition coefficient (Wildman–Crippen LogP) is 3.37. The van der Waals surface area contributed by atoms with Crippen LogP contribution < -0.4 is 5.32 Å². The van der Waals surface area contributed by atoms with Gasteiger partial charge < -0.3 is 10.1 Å². The molecule has 0 saturated carbocycles. The fraction of sp³-hybridized carbons (Fsp3) is 0.312. The Morgan fingerprint density at radius 1 is 1.25 bits per heavy atom. The molecule has 0 saturated heterocycles. The van der Waals surface area contributed by atoms with Gasteiger partial charge >= 0.3 is 0 Å². The first-order valence-electron chi connectivity index (χ1n) is 6.59. The first-order chi connectivity index (χ1) is 9.74. The van der Waals surface area contributed by atoms with Crippen LogP contribution in [0.25, 0.3) is 10.8 Å². The summed E-state index contributed by atoms with van der Waals surface area (Å²) in [6, 6.07) is 13.8. The highest BCUT2D eigenvalue weighted by Gasteiger charge is 2.13. The van der Waals surface area contributed by atoms with Gasteiger partial charge in [0, 0.05) is 18.0 Å². The molecule has 106 valence electrons. The second-order valence-electron chi connectivity index (χ2n) is 4.67. The highest BCUT2D eigenvalue weighted by molar-refractivity contribution is 9.09. The smallest absolute Gasteiger partial charge is 0.251 e. The van der Waals surface area contributed by atoms with Gasteiger partial charge in [0.2, 0.25) is 0 Å². The molecule has 3 nitrogen and oxygen atoms in total. The molecule has 20 heavy (non-hydrogen) atoms. The van der Waals surface area contributed by atoms with Gasteiger partial charge in [-0.05, 0) is 29.3 Å². The summed E-state index contributed by atoms with van der Waals surface area (Å²) in [5, 5.41) is 6.05. The van der Waals surface area contributed by atoms with Crippen LogP contribution in [0.2, 0.25) is 0 Å². The van der Waals surface area contributed by atoms with E-state index in [1.54, 1.807) is 7.11 Å². The quantitative estimate of drug-likeness (QED) is 0.822. The molecule has 1 atom stereocenters. The van der Waals surface area contributed by atoms with E-state index in [0.717, 1.165) is 22.5 Å². The molecule has 1 unspecified atom stereocenters. The number of methoxy groups -OCH3 is 1. The SMILES string of the molecule is COCC(CCBr)NC(=O)c1ccc2ccccc2c1. The molecule has 2 aromatic carbocycles. The van der Waals surface area contributed by atoms with E-state index >= 15 is 0 Å². The van der Waals surface area contributed by atoms with Crippen molar-refractivity contribution in [2.24, 2.45) is 0 Å². The molecule has 0 heterocycles. The Bertz CT molecular complexity index is 579. The Balaban J connectivity index is 2.13. The molecular formula is C16H18BrNO2. The summed E-state index contributed by atoms with van der Waals surface area (Å²) >= 11 is 3.39. The van der Waals surface area contributed by atoms with E-state index in [1.165, 1.54) is 0 Å². The van der Waals surface area contributed by atoms with Crippen LogP contribution in [0, 0.1) is 0 Å². The second-order valence-corrected chi connectivity index (χ2v) is 5.46. The summed E-state index contributed by atoms with van der Waals surface area (Å²) < 4.78 is 5.13. The fourth-order valence-electron chi connectivity index (χ4n) is 2.13. The lowest BCUT2D eigenvalue weighted by Gasteiger charge is -2.17. The normalized spacial score (nSPS) is 12.3. The molecule has 0 aliphatic heterocycles. The summed E-state index contributed by atoms with van der Waals surface area (Å²) in [7, 11) is 1.64. The van der Waals surface area contributed by atoms with Crippen molar-refractivity contribution in [2.45, 2.75) is 12.5 Å².